The Morgan fingerprint density at radius 2 is 0.549 bits per heavy atom. The Labute approximate surface area is 437 Å². The minimum atomic E-state index is -0.792. The molecule has 0 heterocycles. The molecule has 0 aliphatic rings. The molecule has 1 unspecified atom stereocenters. The van der Waals surface area contributed by atoms with Crippen molar-refractivity contribution < 1.29 is 28.6 Å². The van der Waals surface area contributed by atoms with Gasteiger partial charge in [0, 0.05) is 19.3 Å². The van der Waals surface area contributed by atoms with Crippen molar-refractivity contribution in [3.63, 3.8) is 0 Å². The molecule has 0 aliphatic carbocycles. The zero-order valence-corrected chi connectivity index (χ0v) is 45.9. The van der Waals surface area contributed by atoms with Crippen molar-refractivity contribution in [1.29, 1.82) is 0 Å². The first-order chi connectivity index (χ1) is 35.0. The zero-order chi connectivity index (χ0) is 51.4. The maximum absolute atomic E-state index is 12.8. The molecular weight excluding hydrogens is 877 g/mol. The number of ether oxygens (including phenoxy) is 3. The highest BCUT2D eigenvalue weighted by Crippen LogP contribution is 2.14. The zero-order valence-electron chi connectivity index (χ0n) is 45.9. The second-order valence-electron chi connectivity index (χ2n) is 18.8. The van der Waals surface area contributed by atoms with E-state index >= 15 is 0 Å². The number of hydrogen-bond acceptors (Lipinski definition) is 6. The first-order valence-electron chi connectivity index (χ1n) is 29.0. The summed E-state index contributed by atoms with van der Waals surface area (Å²) in [6.07, 6.45) is 80.6. The van der Waals surface area contributed by atoms with E-state index in [1.54, 1.807) is 0 Å². The van der Waals surface area contributed by atoms with Gasteiger partial charge in [-0.25, -0.2) is 0 Å². The van der Waals surface area contributed by atoms with Gasteiger partial charge in [-0.1, -0.05) is 245 Å². The fraction of sp³-hybridized carbons (Fsp3) is 0.646. The molecular formula is C65H106O6. The lowest BCUT2D eigenvalue weighted by atomic mass is 10.1. The fourth-order valence-electron chi connectivity index (χ4n) is 7.67. The van der Waals surface area contributed by atoms with E-state index in [9.17, 15) is 14.4 Å². The van der Waals surface area contributed by atoms with Gasteiger partial charge in [-0.3, -0.25) is 14.4 Å². The molecule has 6 nitrogen and oxygen atoms in total. The second kappa shape index (κ2) is 58.4. The maximum Gasteiger partial charge on any atom is 0.306 e. The van der Waals surface area contributed by atoms with Crippen LogP contribution in [0, 0.1) is 0 Å². The molecule has 402 valence electrons. The van der Waals surface area contributed by atoms with Crippen LogP contribution in [0.15, 0.2) is 122 Å². The molecule has 0 spiro atoms. The molecule has 0 fully saturated rings. The Bertz CT molecular complexity index is 1500. The van der Waals surface area contributed by atoms with Crippen LogP contribution in [0.5, 0.6) is 0 Å². The van der Waals surface area contributed by atoms with Crippen LogP contribution in [0.1, 0.15) is 252 Å². The summed E-state index contributed by atoms with van der Waals surface area (Å²) in [5.74, 6) is -0.923. The van der Waals surface area contributed by atoms with Gasteiger partial charge in [-0.15, -0.1) is 0 Å². The highest BCUT2D eigenvalue weighted by Gasteiger charge is 2.19. The molecule has 0 rings (SSSR count). The lowest BCUT2D eigenvalue weighted by molar-refractivity contribution is -0.167. The van der Waals surface area contributed by atoms with Crippen LogP contribution in [-0.4, -0.2) is 37.2 Å². The number of allylic oxidation sites excluding steroid dienone is 20. The molecule has 0 saturated heterocycles. The molecule has 0 radical (unpaired) electrons. The monoisotopic (exact) mass is 983 g/mol. The minimum absolute atomic E-state index is 0.0897. The third kappa shape index (κ3) is 56.6. The molecule has 0 N–H and O–H groups in total. The molecule has 0 aromatic carbocycles. The number of esters is 3. The van der Waals surface area contributed by atoms with Gasteiger partial charge in [-0.05, 0) is 109 Å². The van der Waals surface area contributed by atoms with Gasteiger partial charge < -0.3 is 14.2 Å². The summed E-state index contributed by atoms with van der Waals surface area (Å²) >= 11 is 0. The van der Waals surface area contributed by atoms with Crippen molar-refractivity contribution in [1.82, 2.24) is 0 Å². The summed E-state index contributed by atoms with van der Waals surface area (Å²) in [4.78, 5) is 38.0. The van der Waals surface area contributed by atoms with Crippen LogP contribution in [0.2, 0.25) is 0 Å². The van der Waals surface area contributed by atoms with Crippen LogP contribution in [0.25, 0.3) is 0 Å². The van der Waals surface area contributed by atoms with Crippen LogP contribution in [-0.2, 0) is 28.6 Å². The van der Waals surface area contributed by atoms with Gasteiger partial charge in [0.2, 0.25) is 0 Å². The van der Waals surface area contributed by atoms with E-state index in [2.05, 4.69) is 142 Å². The van der Waals surface area contributed by atoms with Crippen LogP contribution < -0.4 is 0 Å². The Morgan fingerprint density at radius 3 is 0.859 bits per heavy atom. The summed E-state index contributed by atoms with van der Waals surface area (Å²) in [5, 5.41) is 0. The van der Waals surface area contributed by atoms with E-state index in [4.69, 9.17) is 14.2 Å². The normalized spacial score (nSPS) is 13.0. The average molecular weight is 984 g/mol. The van der Waals surface area contributed by atoms with Crippen molar-refractivity contribution in [2.75, 3.05) is 13.2 Å². The molecule has 0 aliphatic heterocycles. The molecule has 1 atom stereocenters. The third-order valence-electron chi connectivity index (χ3n) is 12.0. The van der Waals surface area contributed by atoms with Gasteiger partial charge >= 0.3 is 17.9 Å². The second-order valence-corrected chi connectivity index (χ2v) is 18.8. The fourth-order valence-corrected chi connectivity index (χ4v) is 7.67. The number of carbonyl (C=O) groups is 3. The summed E-state index contributed by atoms with van der Waals surface area (Å²) in [7, 11) is 0. The first kappa shape index (κ1) is 66.8. The van der Waals surface area contributed by atoms with E-state index in [1.807, 2.05) is 0 Å². The topological polar surface area (TPSA) is 78.9 Å². The molecule has 0 aromatic heterocycles. The van der Waals surface area contributed by atoms with Gasteiger partial charge in [0.15, 0.2) is 6.10 Å². The van der Waals surface area contributed by atoms with E-state index in [0.29, 0.717) is 19.3 Å². The Balaban J connectivity index is 4.26. The van der Waals surface area contributed by atoms with Crippen molar-refractivity contribution in [2.24, 2.45) is 0 Å². The van der Waals surface area contributed by atoms with Crippen molar-refractivity contribution in [3.05, 3.63) is 122 Å². The molecule has 6 heteroatoms. The first-order valence-corrected chi connectivity index (χ1v) is 29.0. The van der Waals surface area contributed by atoms with Crippen molar-refractivity contribution in [2.45, 2.75) is 258 Å². The predicted octanol–water partition coefficient (Wildman–Crippen LogP) is 19.6. The highest BCUT2D eigenvalue weighted by atomic mass is 16.6. The number of rotatable bonds is 51. The largest absolute Gasteiger partial charge is 0.462 e. The molecule has 0 amide bonds. The lowest BCUT2D eigenvalue weighted by Crippen LogP contribution is -2.30. The Kier molecular flexibility index (Phi) is 54.9. The minimum Gasteiger partial charge on any atom is -0.462 e. The van der Waals surface area contributed by atoms with E-state index in [0.717, 1.165) is 148 Å². The van der Waals surface area contributed by atoms with E-state index < -0.39 is 6.10 Å². The summed E-state index contributed by atoms with van der Waals surface area (Å²) in [6, 6.07) is 0. The summed E-state index contributed by atoms with van der Waals surface area (Å²) < 4.78 is 16.8. The summed E-state index contributed by atoms with van der Waals surface area (Å²) in [5.41, 5.74) is 0. The number of hydrogen-bond donors (Lipinski definition) is 0. The SMILES string of the molecule is CC/C=C\C/C=C\C/C=C\C/C=C\C/C=C\CCCCCCCCCCCC(=O)OCC(COC(=O)CCCCCCCCC)OC(=O)CCCCCCC/C=C\C/C=C\C/C=C\C/C=C\C/C=C\CC. The van der Waals surface area contributed by atoms with Crippen molar-refractivity contribution in [3.8, 4) is 0 Å². The lowest BCUT2D eigenvalue weighted by Gasteiger charge is -2.18. The maximum atomic E-state index is 12.8. The predicted molar refractivity (Wildman–Crippen MR) is 306 cm³/mol. The molecule has 0 saturated carbocycles. The van der Waals surface area contributed by atoms with Crippen molar-refractivity contribution >= 4 is 17.9 Å². The van der Waals surface area contributed by atoms with Crippen LogP contribution in [0.3, 0.4) is 0 Å². The van der Waals surface area contributed by atoms with Crippen LogP contribution in [0.4, 0.5) is 0 Å². The van der Waals surface area contributed by atoms with E-state index in [1.165, 1.54) is 64.2 Å². The van der Waals surface area contributed by atoms with Gasteiger partial charge in [-0.2, -0.15) is 0 Å². The van der Waals surface area contributed by atoms with Gasteiger partial charge in [0.05, 0.1) is 0 Å². The molecule has 0 aromatic rings. The molecule has 71 heavy (non-hydrogen) atoms. The molecule has 0 bridgehead atoms. The third-order valence-corrected chi connectivity index (χ3v) is 12.0. The Hall–Kier alpha value is -4.19. The smallest absolute Gasteiger partial charge is 0.306 e. The van der Waals surface area contributed by atoms with Gasteiger partial charge in [0.1, 0.15) is 13.2 Å². The average Bonchev–Trinajstić information content (AvgIpc) is 3.37. The Morgan fingerprint density at radius 1 is 0.296 bits per heavy atom. The quantitative estimate of drug-likeness (QED) is 0.0261. The summed E-state index contributed by atoms with van der Waals surface area (Å²) in [6.45, 7) is 6.35. The number of carbonyl (C=O) groups excluding carboxylic acids is 3. The highest BCUT2D eigenvalue weighted by molar-refractivity contribution is 5.71. The van der Waals surface area contributed by atoms with E-state index in [-0.39, 0.29) is 31.1 Å². The number of unbranched alkanes of at least 4 members (excludes halogenated alkanes) is 20. The van der Waals surface area contributed by atoms with Crippen LogP contribution >= 0.6 is 0 Å². The van der Waals surface area contributed by atoms with Gasteiger partial charge in [0.25, 0.3) is 0 Å². The standard InChI is InChI=1S/C65H106O6/c1-4-7-10-13-16-18-20-22-24-26-28-30-31-32-33-35-36-38-40-42-44-46-49-52-55-58-64(67)70-61-62(60-69-63(66)57-54-51-48-15-12-9-6-3)71-65(68)59-56-53-50-47-45-43-41-39-37-34-29-27-25-23-21-19-17-14-11-8-5-2/h7-8,10-11,16-19,22-25,28-30,32-34,39,41,62H,4-6,9,12-15,20-21,26-27,31,35-38,40,42-61H2,1-3H3/b10-7-,11-8-,18-16-,19-17-,24-22-,25-23-,30-28-,33-32-,34-29-,41-39-.